The summed E-state index contributed by atoms with van der Waals surface area (Å²) in [6.07, 6.45) is 1.81. The first-order valence-corrected chi connectivity index (χ1v) is 8.57. The molecule has 25 heavy (non-hydrogen) atoms. The standard InChI is InChI=1S/C21H17N3O/c1-2-9-16-15(7-1)8-5-12-19(16)24-21-17-10-3-4-13-20(17)25-14-6-11-18(21)22-23-24/h1-5,7-10,12-13H,6,11,14H2. The Morgan fingerprint density at radius 3 is 2.72 bits per heavy atom. The maximum atomic E-state index is 5.96. The molecule has 0 saturated heterocycles. The van der Waals surface area contributed by atoms with Gasteiger partial charge in [-0.2, -0.15) is 0 Å². The molecule has 5 rings (SSSR count). The summed E-state index contributed by atoms with van der Waals surface area (Å²) in [5, 5.41) is 11.4. The van der Waals surface area contributed by atoms with Gasteiger partial charge in [-0.25, -0.2) is 4.68 Å². The molecule has 0 aliphatic carbocycles. The zero-order valence-corrected chi connectivity index (χ0v) is 13.7. The molecule has 4 aromatic rings. The number of rotatable bonds is 1. The average Bonchev–Trinajstić information content (AvgIpc) is 3.06. The fraction of sp³-hybridized carbons (Fsp3) is 0.143. The van der Waals surface area contributed by atoms with E-state index in [1.807, 2.05) is 22.9 Å². The molecule has 3 aromatic carbocycles. The number of ether oxygens (including phenoxy) is 1. The predicted octanol–water partition coefficient (Wildman–Crippen LogP) is 4.41. The Morgan fingerprint density at radius 2 is 1.72 bits per heavy atom. The van der Waals surface area contributed by atoms with Gasteiger partial charge in [0.1, 0.15) is 11.4 Å². The van der Waals surface area contributed by atoms with Crippen LogP contribution in [-0.4, -0.2) is 21.6 Å². The van der Waals surface area contributed by atoms with Gasteiger partial charge >= 0.3 is 0 Å². The molecule has 0 N–H and O–H groups in total. The lowest BCUT2D eigenvalue weighted by Gasteiger charge is -2.17. The number of fused-ring (bicyclic) bond motifs is 4. The van der Waals surface area contributed by atoms with Crippen LogP contribution in [0.15, 0.2) is 66.7 Å². The summed E-state index contributed by atoms with van der Waals surface area (Å²) in [7, 11) is 0. The van der Waals surface area contributed by atoms with Crippen molar-refractivity contribution in [2.24, 2.45) is 0 Å². The number of aromatic nitrogens is 3. The van der Waals surface area contributed by atoms with E-state index in [9.17, 15) is 0 Å². The quantitative estimate of drug-likeness (QED) is 0.520. The molecule has 0 saturated carbocycles. The lowest BCUT2D eigenvalue weighted by Crippen LogP contribution is -2.07. The first-order valence-electron chi connectivity index (χ1n) is 8.57. The molecule has 1 aliphatic heterocycles. The Morgan fingerprint density at radius 1 is 0.880 bits per heavy atom. The summed E-state index contributed by atoms with van der Waals surface area (Å²) < 4.78 is 7.93. The Balaban J connectivity index is 1.81. The van der Waals surface area contributed by atoms with Crippen molar-refractivity contribution in [3.05, 3.63) is 72.4 Å². The molecule has 1 aliphatic rings. The second-order valence-electron chi connectivity index (χ2n) is 6.24. The van der Waals surface area contributed by atoms with Gasteiger partial charge in [0, 0.05) is 10.9 Å². The SMILES string of the molecule is c1ccc2c(c1)OCCCc1nnn(-c3cccc4ccccc34)c1-2. The summed E-state index contributed by atoms with van der Waals surface area (Å²) in [5.74, 6) is 0.896. The summed E-state index contributed by atoms with van der Waals surface area (Å²) >= 11 is 0. The number of aryl methyl sites for hydroxylation is 1. The third-order valence-electron chi connectivity index (χ3n) is 4.69. The van der Waals surface area contributed by atoms with Gasteiger partial charge in [-0.1, -0.05) is 53.7 Å². The van der Waals surface area contributed by atoms with Crippen molar-refractivity contribution in [2.45, 2.75) is 12.8 Å². The number of nitrogens with zero attached hydrogens (tertiary/aromatic N) is 3. The highest BCUT2D eigenvalue weighted by molar-refractivity contribution is 5.91. The first-order chi connectivity index (χ1) is 12.4. The zero-order chi connectivity index (χ0) is 16.6. The highest BCUT2D eigenvalue weighted by Crippen LogP contribution is 2.36. The molecule has 0 amide bonds. The highest BCUT2D eigenvalue weighted by atomic mass is 16.5. The van der Waals surface area contributed by atoms with Crippen LogP contribution in [0.3, 0.4) is 0 Å². The van der Waals surface area contributed by atoms with E-state index in [0.717, 1.165) is 46.6 Å². The van der Waals surface area contributed by atoms with Crippen molar-refractivity contribution >= 4 is 10.8 Å². The normalized spacial score (nSPS) is 13.4. The Hall–Kier alpha value is -3.14. The predicted molar refractivity (Wildman–Crippen MR) is 98.1 cm³/mol. The third-order valence-corrected chi connectivity index (χ3v) is 4.69. The summed E-state index contributed by atoms with van der Waals surface area (Å²) in [5.41, 5.74) is 4.16. The van der Waals surface area contributed by atoms with E-state index >= 15 is 0 Å². The lowest BCUT2D eigenvalue weighted by molar-refractivity contribution is 0.310. The van der Waals surface area contributed by atoms with Gasteiger partial charge in [0.15, 0.2) is 0 Å². The van der Waals surface area contributed by atoms with E-state index in [4.69, 9.17) is 4.74 Å². The number of hydrogen-bond acceptors (Lipinski definition) is 3. The molecule has 0 atom stereocenters. The molecule has 1 aromatic heterocycles. The van der Waals surface area contributed by atoms with Gasteiger partial charge in [0.25, 0.3) is 0 Å². The van der Waals surface area contributed by atoms with Crippen molar-refractivity contribution in [1.82, 2.24) is 15.0 Å². The largest absolute Gasteiger partial charge is 0.493 e. The zero-order valence-electron chi connectivity index (χ0n) is 13.7. The van der Waals surface area contributed by atoms with Crippen LogP contribution in [0.1, 0.15) is 12.1 Å². The molecule has 4 nitrogen and oxygen atoms in total. The maximum absolute atomic E-state index is 5.96. The highest BCUT2D eigenvalue weighted by Gasteiger charge is 2.22. The Bertz CT molecular complexity index is 1060. The monoisotopic (exact) mass is 327 g/mol. The van der Waals surface area contributed by atoms with Crippen LogP contribution in [-0.2, 0) is 6.42 Å². The van der Waals surface area contributed by atoms with Crippen LogP contribution in [0, 0.1) is 0 Å². The molecule has 0 unspecified atom stereocenters. The topological polar surface area (TPSA) is 39.9 Å². The molecule has 122 valence electrons. The van der Waals surface area contributed by atoms with Crippen molar-refractivity contribution in [2.75, 3.05) is 6.61 Å². The number of benzene rings is 3. The van der Waals surface area contributed by atoms with Crippen LogP contribution in [0.4, 0.5) is 0 Å². The van der Waals surface area contributed by atoms with Gasteiger partial charge in [-0.05, 0) is 36.4 Å². The van der Waals surface area contributed by atoms with E-state index < -0.39 is 0 Å². The molecule has 0 radical (unpaired) electrons. The minimum absolute atomic E-state index is 0.706. The van der Waals surface area contributed by atoms with E-state index in [1.54, 1.807) is 0 Å². The van der Waals surface area contributed by atoms with E-state index in [-0.39, 0.29) is 0 Å². The minimum Gasteiger partial charge on any atom is -0.493 e. The minimum atomic E-state index is 0.706. The van der Waals surface area contributed by atoms with E-state index in [1.165, 1.54) is 5.39 Å². The fourth-order valence-corrected chi connectivity index (χ4v) is 3.52. The van der Waals surface area contributed by atoms with Crippen molar-refractivity contribution in [3.8, 4) is 22.7 Å². The Kier molecular flexibility index (Phi) is 3.27. The van der Waals surface area contributed by atoms with Crippen molar-refractivity contribution in [3.63, 3.8) is 0 Å². The maximum Gasteiger partial charge on any atom is 0.128 e. The summed E-state index contributed by atoms with van der Waals surface area (Å²) in [6, 6.07) is 22.8. The van der Waals surface area contributed by atoms with Gasteiger partial charge in [0.05, 0.1) is 18.0 Å². The van der Waals surface area contributed by atoms with Crippen LogP contribution in [0.5, 0.6) is 5.75 Å². The number of para-hydroxylation sites is 1. The number of hydrogen-bond donors (Lipinski definition) is 0. The second-order valence-corrected chi connectivity index (χ2v) is 6.24. The van der Waals surface area contributed by atoms with Crippen molar-refractivity contribution < 1.29 is 4.74 Å². The summed E-state index contributed by atoms with van der Waals surface area (Å²) in [4.78, 5) is 0. The van der Waals surface area contributed by atoms with Crippen LogP contribution in [0.25, 0.3) is 27.7 Å². The molecule has 2 heterocycles. The van der Waals surface area contributed by atoms with Crippen LogP contribution >= 0.6 is 0 Å². The molecule has 0 spiro atoms. The van der Waals surface area contributed by atoms with Gasteiger partial charge < -0.3 is 4.74 Å². The van der Waals surface area contributed by atoms with E-state index in [0.29, 0.717) is 6.61 Å². The average molecular weight is 327 g/mol. The second kappa shape index (κ2) is 5.74. The summed E-state index contributed by atoms with van der Waals surface area (Å²) in [6.45, 7) is 0.706. The molecular formula is C21H17N3O. The molecular weight excluding hydrogens is 310 g/mol. The van der Waals surface area contributed by atoms with Gasteiger partial charge in [-0.3, -0.25) is 0 Å². The van der Waals surface area contributed by atoms with E-state index in [2.05, 4.69) is 58.8 Å². The molecule has 0 fully saturated rings. The molecule has 0 bridgehead atoms. The molecule has 4 heteroatoms. The van der Waals surface area contributed by atoms with Crippen LogP contribution in [0.2, 0.25) is 0 Å². The lowest BCUT2D eigenvalue weighted by atomic mass is 10.0. The Labute approximate surface area is 145 Å². The smallest absolute Gasteiger partial charge is 0.128 e. The fourth-order valence-electron chi connectivity index (χ4n) is 3.52. The first kappa shape index (κ1) is 14.2. The van der Waals surface area contributed by atoms with Gasteiger partial charge in [0.2, 0.25) is 0 Å². The van der Waals surface area contributed by atoms with Crippen molar-refractivity contribution in [1.29, 1.82) is 0 Å². The third kappa shape index (κ3) is 2.30. The van der Waals surface area contributed by atoms with Crippen LogP contribution < -0.4 is 4.74 Å². The van der Waals surface area contributed by atoms with Gasteiger partial charge in [-0.15, -0.1) is 5.10 Å².